The maximum Gasteiger partial charge on any atom is 0.160 e. The van der Waals surface area contributed by atoms with Crippen molar-refractivity contribution in [3.05, 3.63) is 181 Å². The molecule has 1 aliphatic rings. The normalized spacial score (nSPS) is 13.1. The smallest absolute Gasteiger partial charge is 0.160 e. The second-order valence-electron chi connectivity index (χ2n) is 14.9. The fourth-order valence-electron chi connectivity index (χ4n) is 9.06. The fourth-order valence-corrected chi connectivity index (χ4v) is 10.2. The molecule has 2 nitrogen and oxygen atoms in total. The zero-order chi connectivity index (χ0) is 36.0. The zero-order valence-corrected chi connectivity index (χ0v) is 30.8. The monoisotopic (exact) mass is 706 g/mol. The van der Waals surface area contributed by atoms with E-state index in [2.05, 4.69) is 178 Å². The number of thiophene rings is 1. The van der Waals surface area contributed by atoms with Crippen molar-refractivity contribution in [2.75, 3.05) is 0 Å². The summed E-state index contributed by atoms with van der Waals surface area (Å²) in [5.74, 6) is 0.722. The van der Waals surface area contributed by atoms with Gasteiger partial charge in [-0.25, -0.2) is 9.97 Å². The third-order valence-corrected chi connectivity index (χ3v) is 12.6. The van der Waals surface area contributed by atoms with Crippen LogP contribution in [0.15, 0.2) is 170 Å². The first kappa shape index (κ1) is 31.1. The highest BCUT2D eigenvalue weighted by molar-refractivity contribution is 7.25. The molecule has 8 aromatic carbocycles. The molecule has 54 heavy (non-hydrogen) atoms. The molecule has 0 unspecified atom stereocenters. The van der Waals surface area contributed by atoms with Gasteiger partial charge in [0.15, 0.2) is 5.82 Å². The van der Waals surface area contributed by atoms with E-state index in [1.807, 2.05) is 17.4 Å². The van der Waals surface area contributed by atoms with Crippen molar-refractivity contribution in [2.45, 2.75) is 19.3 Å². The Labute approximate surface area is 318 Å². The van der Waals surface area contributed by atoms with Crippen molar-refractivity contribution < 1.29 is 0 Å². The second-order valence-corrected chi connectivity index (χ2v) is 16.0. The van der Waals surface area contributed by atoms with E-state index in [4.69, 9.17) is 9.97 Å². The molecular formula is C51H34N2S. The highest BCUT2D eigenvalue weighted by atomic mass is 32.1. The molecule has 1 aliphatic carbocycles. The van der Waals surface area contributed by atoms with Gasteiger partial charge in [0, 0.05) is 42.3 Å². The molecule has 0 radical (unpaired) electrons. The standard InChI is InChI=1S/C51H34N2S/c1-51(2)42-23-12-21-38(47(42)41-27-26-31-14-6-7-17-33(31)49(41)51)36-28-29-37(35-19-9-8-18-34(35)36)43-30-44(53-50(52-43)32-15-4-3-5-16-32)39-22-13-25-46-48(39)40-20-10-11-24-45(40)54-46/h3-30H,1-2H3. The summed E-state index contributed by atoms with van der Waals surface area (Å²) in [5.41, 5.74) is 12.9. The number of benzene rings is 8. The van der Waals surface area contributed by atoms with Gasteiger partial charge in [-0.15, -0.1) is 11.3 Å². The maximum atomic E-state index is 5.31. The predicted molar refractivity (Wildman–Crippen MR) is 229 cm³/mol. The summed E-state index contributed by atoms with van der Waals surface area (Å²) >= 11 is 1.83. The minimum absolute atomic E-state index is 0.126. The van der Waals surface area contributed by atoms with Crippen LogP contribution in [-0.2, 0) is 5.41 Å². The van der Waals surface area contributed by atoms with Gasteiger partial charge in [0.1, 0.15) is 0 Å². The Morgan fingerprint density at radius 2 is 1.06 bits per heavy atom. The highest BCUT2D eigenvalue weighted by Crippen LogP contribution is 2.55. The molecule has 11 rings (SSSR count). The van der Waals surface area contributed by atoms with Crippen LogP contribution in [0.25, 0.3) is 97.9 Å². The van der Waals surface area contributed by atoms with Crippen LogP contribution < -0.4 is 0 Å². The van der Waals surface area contributed by atoms with Gasteiger partial charge in [0.2, 0.25) is 0 Å². The molecule has 0 spiro atoms. The van der Waals surface area contributed by atoms with Gasteiger partial charge in [0.05, 0.1) is 11.4 Å². The summed E-state index contributed by atoms with van der Waals surface area (Å²) in [5, 5.41) is 7.51. The van der Waals surface area contributed by atoms with Crippen LogP contribution in [0.3, 0.4) is 0 Å². The average molecular weight is 707 g/mol. The Balaban J connectivity index is 1.14. The van der Waals surface area contributed by atoms with E-state index in [1.54, 1.807) is 0 Å². The minimum atomic E-state index is -0.126. The molecular weight excluding hydrogens is 673 g/mol. The number of rotatable bonds is 4. The van der Waals surface area contributed by atoms with Crippen molar-refractivity contribution in [3.8, 4) is 56.2 Å². The van der Waals surface area contributed by atoms with Crippen molar-refractivity contribution in [1.82, 2.24) is 9.97 Å². The molecule has 0 N–H and O–H groups in total. The number of hydrogen-bond donors (Lipinski definition) is 0. The van der Waals surface area contributed by atoms with Crippen molar-refractivity contribution in [2.24, 2.45) is 0 Å². The first-order chi connectivity index (χ1) is 26.5. The predicted octanol–water partition coefficient (Wildman–Crippen LogP) is 14.1. The first-order valence-electron chi connectivity index (χ1n) is 18.6. The van der Waals surface area contributed by atoms with E-state index < -0.39 is 0 Å². The van der Waals surface area contributed by atoms with E-state index in [1.165, 1.54) is 75.1 Å². The number of hydrogen-bond acceptors (Lipinski definition) is 3. The SMILES string of the molecule is CC1(C)c2cccc(-c3ccc(-c4cc(-c5cccc6sc7ccccc7c56)nc(-c5ccccc5)n4)c4ccccc34)c2-c2ccc3ccccc3c21. The van der Waals surface area contributed by atoms with E-state index >= 15 is 0 Å². The second kappa shape index (κ2) is 11.8. The van der Waals surface area contributed by atoms with Gasteiger partial charge < -0.3 is 0 Å². The van der Waals surface area contributed by atoms with Crippen LogP contribution in [0.1, 0.15) is 25.0 Å². The number of fused-ring (bicyclic) bond motifs is 9. The molecule has 0 aliphatic heterocycles. The van der Waals surface area contributed by atoms with Crippen molar-refractivity contribution in [3.63, 3.8) is 0 Å². The maximum absolute atomic E-state index is 5.31. The number of nitrogens with zero attached hydrogens (tertiary/aromatic N) is 2. The Hall–Kier alpha value is -6.42. The summed E-state index contributed by atoms with van der Waals surface area (Å²) in [7, 11) is 0. The molecule has 10 aromatic rings. The molecule has 0 saturated heterocycles. The number of aromatic nitrogens is 2. The molecule has 3 heteroatoms. The molecule has 254 valence electrons. The zero-order valence-electron chi connectivity index (χ0n) is 30.0. The molecule has 2 aromatic heterocycles. The Bertz CT molecular complexity index is 3130. The third-order valence-electron chi connectivity index (χ3n) is 11.5. The van der Waals surface area contributed by atoms with Gasteiger partial charge in [-0.05, 0) is 73.1 Å². The van der Waals surface area contributed by atoms with Gasteiger partial charge >= 0.3 is 0 Å². The highest BCUT2D eigenvalue weighted by Gasteiger charge is 2.38. The van der Waals surface area contributed by atoms with Crippen LogP contribution in [0.5, 0.6) is 0 Å². The van der Waals surface area contributed by atoms with E-state index in [0.29, 0.717) is 0 Å². The average Bonchev–Trinajstić information content (AvgIpc) is 3.73. The Morgan fingerprint density at radius 3 is 1.89 bits per heavy atom. The molecule has 0 atom stereocenters. The first-order valence-corrected chi connectivity index (χ1v) is 19.4. The van der Waals surface area contributed by atoms with Gasteiger partial charge in [-0.2, -0.15) is 0 Å². The van der Waals surface area contributed by atoms with Crippen LogP contribution in [-0.4, -0.2) is 9.97 Å². The van der Waals surface area contributed by atoms with Gasteiger partial charge in [-0.3, -0.25) is 0 Å². The lowest BCUT2D eigenvalue weighted by Crippen LogP contribution is -2.15. The Morgan fingerprint density at radius 1 is 0.444 bits per heavy atom. The minimum Gasteiger partial charge on any atom is -0.228 e. The molecule has 0 fully saturated rings. The van der Waals surface area contributed by atoms with Crippen LogP contribution in [0.2, 0.25) is 0 Å². The lowest BCUT2D eigenvalue weighted by atomic mass is 9.80. The molecule has 2 heterocycles. The summed E-state index contributed by atoms with van der Waals surface area (Å²) in [6, 6.07) is 61.6. The third kappa shape index (κ3) is 4.58. The molecule has 0 bridgehead atoms. The van der Waals surface area contributed by atoms with E-state index in [0.717, 1.165) is 33.9 Å². The van der Waals surface area contributed by atoms with E-state index in [-0.39, 0.29) is 5.41 Å². The lowest BCUT2D eigenvalue weighted by molar-refractivity contribution is 0.666. The topological polar surface area (TPSA) is 25.8 Å². The van der Waals surface area contributed by atoms with Gasteiger partial charge in [0.25, 0.3) is 0 Å². The van der Waals surface area contributed by atoms with Crippen molar-refractivity contribution in [1.29, 1.82) is 0 Å². The summed E-state index contributed by atoms with van der Waals surface area (Å²) < 4.78 is 2.55. The largest absolute Gasteiger partial charge is 0.228 e. The lowest BCUT2D eigenvalue weighted by Gasteiger charge is -2.23. The molecule has 0 saturated carbocycles. The Kier molecular flexibility index (Phi) is 6.80. The van der Waals surface area contributed by atoms with Crippen LogP contribution >= 0.6 is 11.3 Å². The van der Waals surface area contributed by atoms with Crippen LogP contribution in [0, 0.1) is 0 Å². The van der Waals surface area contributed by atoms with Crippen LogP contribution in [0.4, 0.5) is 0 Å². The van der Waals surface area contributed by atoms with Crippen molar-refractivity contribution >= 4 is 53.1 Å². The summed E-state index contributed by atoms with van der Waals surface area (Å²) in [6.07, 6.45) is 0. The summed E-state index contributed by atoms with van der Waals surface area (Å²) in [4.78, 5) is 10.6. The van der Waals surface area contributed by atoms with Gasteiger partial charge in [-0.1, -0.05) is 166 Å². The quantitative estimate of drug-likeness (QED) is 0.182. The summed E-state index contributed by atoms with van der Waals surface area (Å²) in [6.45, 7) is 4.76. The molecule has 0 amide bonds. The van der Waals surface area contributed by atoms with E-state index in [9.17, 15) is 0 Å². The fraction of sp³-hybridized carbons (Fsp3) is 0.0588.